The minimum Gasteiger partial charge on any atom is -0.501 e. The Bertz CT molecular complexity index is 1120. The van der Waals surface area contributed by atoms with E-state index in [0.29, 0.717) is 30.3 Å². The highest BCUT2D eigenvalue weighted by molar-refractivity contribution is 14.2. The van der Waals surface area contributed by atoms with Crippen molar-refractivity contribution in [1.82, 2.24) is 14.9 Å². The SMILES string of the molecule is CC(C)N1CCn2c1nc(C(=O)NCc1ccc(F)cc1N1N=CN=I1)c(O)c2=O. The molecule has 0 unspecified atom stereocenters. The number of benzene rings is 1. The molecule has 30 heavy (non-hydrogen) atoms. The molecule has 0 fully saturated rings. The van der Waals surface area contributed by atoms with Gasteiger partial charge in [-0.2, -0.15) is 6.37 Å². The highest BCUT2D eigenvalue weighted by Gasteiger charge is 2.29. The van der Waals surface area contributed by atoms with Crippen molar-refractivity contribution in [1.29, 1.82) is 0 Å². The van der Waals surface area contributed by atoms with Crippen molar-refractivity contribution in [2.45, 2.75) is 33.0 Å². The number of nitrogens with one attached hydrogen (secondary N) is 1. The van der Waals surface area contributed by atoms with Crippen molar-refractivity contribution in [2.24, 2.45) is 8.25 Å². The van der Waals surface area contributed by atoms with E-state index in [4.69, 9.17) is 0 Å². The third-order valence-electron chi connectivity index (χ3n) is 4.78. The maximum atomic E-state index is 13.7. The largest absolute Gasteiger partial charge is 0.501 e. The first kappa shape index (κ1) is 20.4. The number of rotatable bonds is 5. The first-order valence-electron chi connectivity index (χ1n) is 9.21. The van der Waals surface area contributed by atoms with E-state index >= 15 is 0 Å². The molecule has 2 N–H and O–H groups in total. The van der Waals surface area contributed by atoms with Gasteiger partial charge in [0.15, 0.2) is 5.69 Å². The van der Waals surface area contributed by atoms with E-state index in [0.717, 1.165) is 0 Å². The smallest absolute Gasteiger partial charge is 0.298 e. The Morgan fingerprint density at radius 3 is 2.87 bits per heavy atom. The number of aromatic hydroxyl groups is 1. The van der Waals surface area contributed by atoms with Crippen LogP contribution in [0.2, 0.25) is 0 Å². The summed E-state index contributed by atoms with van der Waals surface area (Å²) in [6.45, 7) is 4.93. The molecule has 0 radical (unpaired) electrons. The molecule has 158 valence electrons. The Morgan fingerprint density at radius 2 is 2.17 bits per heavy atom. The number of carbonyl (C=O) groups is 1. The van der Waals surface area contributed by atoms with Crippen LogP contribution in [0.4, 0.5) is 16.0 Å². The lowest BCUT2D eigenvalue weighted by molar-refractivity contribution is 0.0942. The Morgan fingerprint density at radius 1 is 1.37 bits per heavy atom. The molecule has 3 heterocycles. The molecule has 1 aromatic carbocycles. The number of anilines is 2. The van der Waals surface area contributed by atoms with Crippen LogP contribution in [-0.4, -0.2) is 39.5 Å². The summed E-state index contributed by atoms with van der Waals surface area (Å²) in [7, 11) is 0. The molecule has 0 saturated heterocycles. The minimum absolute atomic E-state index is 0.0393. The van der Waals surface area contributed by atoms with E-state index in [1.54, 1.807) is 9.29 Å². The van der Waals surface area contributed by atoms with Crippen LogP contribution in [0.3, 0.4) is 0 Å². The average Bonchev–Trinajstić information content (AvgIpc) is 3.39. The van der Waals surface area contributed by atoms with Gasteiger partial charge in [-0.25, -0.2) is 9.37 Å². The fraction of sp³-hybridized carbons (Fsp3) is 0.333. The monoisotopic (exact) mass is 527 g/mol. The first-order chi connectivity index (χ1) is 14.4. The third kappa shape index (κ3) is 3.66. The number of hydrogen-bond acceptors (Lipinski definition) is 8. The third-order valence-corrected chi connectivity index (χ3v) is 6.46. The van der Waals surface area contributed by atoms with Crippen LogP contribution in [0.25, 0.3) is 0 Å². The molecule has 1 aromatic heterocycles. The predicted molar refractivity (Wildman–Crippen MR) is 118 cm³/mol. The zero-order valence-electron chi connectivity index (χ0n) is 16.2. The summed E-state index contributed by atoms with van der Waals surface area (Å²) in [6, 6.07) is 4.26. The minimum atomic E-state index is -0.774. The van der Waals surface area contributed by atoms with Gasteiger partial charge in [0.05, 0.1) is 5.69 Å². The second-order valence-corrected chi connectivity index (χ2v) is 8.88. The molecule has 0 aliphatic carbocycles. The fourth-order valence-corrected chi connectivity index (χ4v) is 4.64. The zero-order valence-corrected chi connectivity index (χ0v) is 18.4. The number of nitrogens with zero attached hydrogens (tertiary/aromatic N) is 6. The Hall–Kier alpha value is -2.90. The molecular formula is C18H19FIN7O3. The summed E-state index contributed by atoms with van der Waals surface area (Å²) in [5, 5.41) is 17.0. The summed E-state index contributed by atoms with van der Waals surface area (Å²) in [5.41, 5.74) is 0.162. The predicted octanol–water partition coefficient (Wildman–Crippen LogP) is 2.08. The van der Waals surface area contributed by atoms with Gasteiger partial charge in [-0.1, -0.05) is 6.07 Å². The normalized spacial score (nSPS) is 14.9. The van der Waals surface area contributed by atoms with E-state index in [9.17, 15) is 19.1 Å². The van der Waals surface area contributed by atoms with Crippen LogP contribution in [-0.2, 0) is 13.1 Å². The second-order valence-electron chi connectivity index (χ2n) is 6.97. The maximum Gasteiger partial charge on any atom is 0.298 e. The summed E-state index contributed by atoms with van der Waals surface area (Å²) < 4.78 is 20.8. The number of hydrogen-bond donors (Lipinski definition) is 2. The van der Waals surface area contributed by atoms with Crippen LogP contribution in [0.5, 0.6) is 5.75 Å². The van der Waals surface area contributed by atoms with Gasteiger partial charge in [0.2, 0.25) is 11.7 Å². The lowest BCUT2D eigenvalue weighted by Crippen LogP contribution is -2.32. The van der Waals surface area contributed by atoms with E-state index in [-0.39, 0.29) is 18.3 Å². The Balaban J connectivity index is 1.60. The number of fused-ring (bicyclic) bond motifs is 1. The molecule has 0 spiro atoms. The molecule has 2 aliphatic heterocycles. The summed E-state index contributed by atoms with van der Waals surface area (Å²) in [5.74, 6) is -1.44. The first-order valence-corrected chi connectivity index (χ1v) is 11.1. The highest BCUT2D eigenvalue weighted by Crippen LogP contribution is 2.31. The Kier molecular flexibility index (Phi) is 5.49. The van der Waals surface area contributed by atoms with Gasteiger partial charge >= 0.3 is 0 Å². The summed E-state index contributed by atoms with van der Waals surface area (Å²) >= 11 is -0.774. The molecule has 10 nitrogen and oxygen atoms in total. The molecule has 1 amide bonds. The van der Waals surface area contributed by atoms with Gasteiger partial charge in [-0.05, 0) is 25.5 Å². The highest BCUT2D eigenvalue weighted by atomic mass is 127. The molecule has 0 atom stereocenters. The molecule has 2 aromatic rings. The average molecular weight is 527 g/mol. The van der Waals surface area contributed by atoms with Gasteiger partial charge in [-0.3, -0.25) is 14.2 Å². The molecular weight excluding hydrogens is 508 g/mol. The number of hydrazone groups is 1. The maximum absolute atomic E-state index is 13.7. The quantitative estimate of drug-likeness (QED) is 0.455. The lowest BCUT2D eigenvalue weighted by atomic mass is 10.1. The summed E-state index contributed by atoms with van der Waals surface area (Å²) in [4.78, 5) is 31.4. The van der Waals surface area contributed by atoms with Crippen LogP contribution in [0.1, 0.15) is 29.9 Å². The van der Waals surface area contributed by atoms with Crippen LogP contribution < -0.4 is 19.0 Å². The number of carbonyl (C=O) groups excluding carboxylic acids is 1. The van der Waals surface area contributed by atoms with Crippen molar-refractivity contribution < 1.29 is 14.3 Å². The zero-order chi connectivity index (χ0) is 21.4. The molecule has 0 saturated carbocycles. The second kappa shape index (κ2) is 8.08. The van der Waals surface area contributed by atoms with Gasteiger partial charge in [0.25, 0.3) is 11.5 Å². The van der Waals surface area contributed by atoms with E-state index < -0.39 is 44.3 Å². The summed E-state index contributed by atoms with van der Waals surface area (Å²) in [6.07, 6.45) is 1.42. The van der Waals surface area contributed by atoms with Crippen molar-refractivity contribution in [3.63, 3.8) is 0 Å². The van der Waals surface area contributed by atoms with Crippen LogP contribution in [0.15, 0.2) is 31.2 Å². The Labute approximate surface area is 181 Å². The lowest BCUT2D eigenvalue weighted by Gasteiger charge is -2.22. The van der Waals surface area contributed by atoms with Crippen molar-refractivity contribution >= 4 is 45.2 Å². The van der Waals surface area contributed by atoms with E-state index in [1.807, 2.05) is 18.7 Å². The van der Waals surface area contributed by atoms with Crippen molar-refractivity contribution in [2.75, 3.05) is 14.7 Å². The standard InChI is InChI=1S/C18H19FIN7O3/c1-10(2)25-5-6-26-17(30)15(28)14(24-18(25)26)16(29)21-8-11-3-4-12(19)7-13(11)27-20-22-9-23-27/h3-4,7,9-10,28H,5-6,8H2,1-2H3,(H,21,29). The number of halogens is 2. The molecule has 12 heteroatoms. The van der Waals surface area contributed by atoms with Crippen molar-refractivity contribution in [3.8, 4) is 5.75 Å². The topological polar surface area (TPSA) is 115 Å². The molecule has 4 rings (SSSR count). The van der Waals surface area contributed by atoms with Crippen LogP contribution >= 0.6 is 21.3 Å². The molecule has 0 bridgehead atoms. The van der Waals surface area contributed by atoms with Gasteiger partial charge in [0.1, 0.15) is 33.5 Å². The van der Waals surface area contributed by atoms with Gasteiger partial charge in [-0.15, -0.1) is 5.10 Å². The van der Waals surface area contributed by atoms with Gasteiger partial charge < -0.3 is 15.3 Å². The van der Waals surface area contributed by atoms with Crippen molar-refractivity contribution in [3.05, 3.63) is 45.6 Å². The molecule has 2 aliphatic rings. The number of amides is 1. The van der Waals surface area contributed by atoms with E-state index in [1.165, 1.54) is 23.0 Å². The van der Waals surface area contributed by atoms with Gasteiger partial charge in [0, 0.05) is 31.7 Å². The van der Waals surface area contributed by atoms with Crippen LogP contribution in [0, 0.1) is 5.82 Å². The fourth-order valence-electron chi connectivity index (χ4n) is 3.27. The van der Waals surface area contributed by atoms with E-state index in [2.05, 4.69) is 18.5 Å². The number of aromatic nitrogens is 2.